The second-order valence-electron chi connectivity index (χ2n) is 6.50. The highest BCUT2D eigenvalue weighted by Gasteiger charge is 2.38. The lowest BCUT2D eigenvalue weighted by Gasteiger charge is -2.36. The minimum absolute atomic E-state index is 0.756. The van der Waals surface area contributed by atoms with Gasteiger partial charge in [0.05, 0.1) is 0 Å². The zero-order valence-corrected chi connectivity index (χ0v) is 16.3. The van der Waals surface area contributed by atoms with E-state index in [-0.39, 0.29) is 0 Å². The van der Waals surface area contributed by atoms with Crippen molar-refractivity contribution in [2.75, 3.05) is 0 Å². The summed E-state index contributed by atoms with van der Waals surface area (Å²) >= 11 is 1.47. The van der Waals surface area contributed by atoms with Crippen molar-refractivity contribution in [3.63, 3.8) is 0 Å². The molecule has 1 nitrogen and oxygen atoms in total. The summed E-state index contributed by atoms with van der Waals surface area (Å²) in [6.07, 6.45) is 3.93. The first-order chi connectivity index (χ1) is 13.8. The zero-order valence-electron chi connectivity index (χ0n) is 15.5. The number of benzene rings is 4. The Bertz CT molecular complexity index is 917. The molecule has 0 aliphatic carbocycles. The molecular formula is C26H21OS. The third-order valence-corrected chi connectivity index (χ3v) is 5.37. The van der Waals surface area contributed by atoms with E-state index < -0.39 is 5.60 Å². The zero-order chi connectivity index (χ0) is 19.2. The first-order valence-corrected chi connectivity index (χ1v) is 10.2. The van der Waals surface area contributed by atoms with E-state index in [0.29, 0.717) is 0 Å². The molecule has 2 heteroatoms. The van der Waals surface area contributed by atoms with Gasteiger partial charge in [0.15, 0.2) is 5.60 Å². The maximum atomic E-state index is 6.86. The Labute approximate surface area is 171 Å². The summed E-state index contributed by atoms with van der Waals surface area (Å²) in [5.74, 6) is 0.810. The first-order valence-electron chi connectivity index (χ1n) is 9.20. The van der Waals surface area contributed by atoms with Crippen LogP contribution in [0.2, 0.25) is 0 Å². The molecule has 0 N–H and O–H groups in total. The van der Waals surface area contributed by atoms with Gasteiger partial charge >= 0.3 is 0 Å². The molecular weight excluding hydrogens is 360 g/mol. The Morgan fingerprint density at radius 1 is 0.571 bits per heavy atom. The second-order valence-corrected chi connectivity index (χ2v) is 7.26. The van der Waals surface area contributed by atoms with Gasteiger partial charge in [-0.3, -0.25) is 0 Å². The van der Waals surface area contributed by atoms with Gasteiger partial charge in [0.25, 0.3) is 0 Å². The maximum Gasteiger partial charge on any atom is 0.184 e. The Kier molecular flexibility index (Phi) is 5.50. The van der Waals surface area contributed by atoms with Crippen LogP contribution in [-0.4, -0.2) is 0 Å². The molecule has 4 rings (SSSR count). The molecule has 4 aromatic rings. The number of hydrogen-bond donors (Lipinski definition) is 0. The van der Waals surface area contributed by atoms with Crippen LogP contribution in [0.3, 0.4) is 0 Å². The number of rotatable bonds is 6. The molecule has 0 aliphatic heterocycles. The lowest BCUT2D eigenvalue weighted by Crippen LogP contribution is -2.36. The molecule has 0 saturated carbocycles. The Balaban J connectivity index is 1.98. The standard InChI is InChI=1S/C26H21OS/c1-28-25-19-11-18-24(20-25)27-26(21-12-5-2-6-13-21,22-14-7-3-8-15-22)23-16-9-4-10-17-23/h2-20H,1H2. The topological polar surface area (TPSA) is 9.23 Å². The monoisotopic (exact) mass is 381 g/mol. The summed E-state index contributed by atoms with van der Waals surface area (Å²) in [5, 5.41) is 0. The Morgan fingerprint density at radius 2 is 1.04 bits per heavy atom. The van der Waals surface area contributed by atoms with Crippen molar-refractivity contribution in [3.8, 4) is 5.75 Å². The van der Waals surface area contributed by atoms with Crippen LogP contribution < -0.4 is 4.74 Å². The van der Waals surface area contributed by atoms with Crippen LogP contribution in [0, 0.1) is 6.26 Å². The Morgan fingerprint density at radius 3 is 1.46 bits per heavy atom. The SMILES string of the molecule is [CH2]Sc1cccc(OC(c2ccccc2)(c2ccccc2)c2ccccc2)c1. The van der Waals surface area contributed by atoms with Gasteiger partial charge in [-0.15, -0.1) is 11.8 Å². The highest BCUT2D eigenvalue weighted by atomic mass is 32.2. The second kappa shape index (κ2) is 8.37. The normalized spacial score (nSPS) is 11.2. The van der Waals surface area contributed by atoms with Crippen molar-refractivity contribution in [2.24, 2.45) is 0 Å². The van der Waals surface area contributed by atoms with E-state index in [0.717, 1.165) is 27.3 Å². The van der Waals surface area contributed by atoms with Crippen molar-refractivity contribution in [3.05, 3.63) is 138 Å². The third-order valence-electron chi connectivity index (χ3n) is 4.78. The van der Waals surface area contributed by atoms with Gasteiger partial charge < -0.3 is 4.74 Å². The minimum Gasteiger partial charge on any atom is -0.473 e. The Hall–Kier alpha value is -2.97. The van der Waals surface area contributed by atoms with Gasteiger partial charge in [-0.05, 0) is 18.2 Å². The van der Waals surface area contributed by atoms with E-state index >= 15 is 0 Å². The van der Waals surface area contributed by atoms with Crippen LogP contribution in [0.15, 0.2) is 120 Å². The van der Waals surface area contributed by atoms with E-state index in [4.69, 9.17) is 4.74 Å². The summed E-state index contributed by atoms with van der Waals surface area (Å²) < 4.78 is 6.86. The number of hydrogen-bond acceptors (Lipinski definition) is 2. The van der Waals surface area contributed by atoms with Gasteiger partial charge in [0, 0.05) is 27.8 Å². The van der Waals surface area contributed by atoms with Gasteiger partial charge in [0.2, 0.25) is 0 Å². The van der Waals surface area contributed by atoms with Crippen molar-refractivity contribution in [1.82, 2.24) is 0 Å². The molecule has 0 spiro atoms. The average molecular weight is 382 g/mol. The summed E-state index contributed by atoms with van der Waals surface area (Å²) in [5.41, 5.74) is 2.49. The number of thioether (sulfide) groups is 1. The molecule has 4 aromatic carbocycles. The van der Waals surface area contributed by atoms with Crippen LogP contribution in [0.25, 0.3) is 0 Å². The maximum absolute atomic E-state index is 6.86. The van der Waals surface area contributed by atoms with E-state index in [1.807, 2.05) is 42.5 Å². The van der Waals surface area contributed by atoms with Crippen molar-refractivity contribution in [1.29, 1.82) is 0 Å². The molecule has 28 heavy (non-hydrogen) atoms. The van der Waals surface area contributed by atoms with Crippen molar-refractivity contribution < 1.29 is 4.74 Å². The van der Waals surface area contributed by atoms with Crippen LogP contribution in [0.1, 0.15) is 16.7 Å². The quantitative estimate of drug-likeness (QED) is 0.264. The average Bonchev–Trinajstić information content (AvgIpc) is 2.79. The smallest absolute Gasteiger partial charge is 0.184 e. The van der Waals surface area contributed by atoms with Gasteiger partial charge in [-0.1, -0.05) is 97.1 Å². The first kappa shape index (κ1) is 18.4. The molecule has 1 radical (unpaired) electrons. The summed E-state index contributed by atoms with van der Waals surface area (Å²) in [6, 6.07) is 39.3. The van der Waals surface area contributed by atoms with E-state index in [1.54, 1.807) is 0 Å². The molecule has 0 saturated heterocycles. The lowest BCUT2D eigenvalue weighted by atomic mass is 9.80. The van der Waals surface area contributed by atoms with E-state index in [9.17, 15) is 0 Å². The fourth-order valence-corrected chi connectivity index (χ4v) is 3.87. The predicted octanol–water partition coefficient (Wildman–Crippen LogP) is 6.94. The molecule has 0 fully saturated rings. The molecule has 0 amide bonds. The fraction of sp³-hybridized carbons (Fsp3) is 0.0385. The van der Waals surface area contributed by atoms with Crippen molar-refractivity contribution >= 4 is 11.8 Å². The summed E-state index contributed by atoms with van der Waals surface area (Å²) in [6.45, 7) is 0. The molecule has 0 aliphatic rings. The third kappa shape index (κ3) is 3.56. The van der Waals surface area contributed by atoms with Crippen LogP contribution in [-0.2, 0) is 5.60 Å². The highest BCUT2D eigenvalue weighted by molar-refractivity contribution is 8.00. The van der Waals surface area contributed by atoms with Crippen LogP contribution >= 0.6 is 11.8 Å². The molecule has 0 unspecified atom stereocenters. The van der Waals surface area contributed by atoms with Crippen molar-refractivity contribution in [2.45, 2.75) is 10.5 Å². The van der Waals surface area contributed by atoms with E-state index in [1.165, 1.54) is 11.8 Å². The van der Waals surface area contributed by atoms with Gasteiger partial charge in [-0.25, -0.2) is 0 Å². The molecule has 0 atom stereocenters. The van der Waals surface area contributed by atoms with Gasteiger partial charge in [0.1, 0.15) is 5.75 Å². The van der Waals surface area contributed by atoms with E-state index in [2.05, 4.69) is 79.1 Å². The largest absolute Gasteiger partial charge is 0.473 e. The number of ether oxygens (including phenoxy) is 1. The molecule has 137 valence electrons. The minimum atomic E-state index is -0.756. The highest BCUT2D eigenvalue weighted by Crippen LogP contribution is 2.41. The van der Waals surface area contributed by atoms with Gasteiger partial charge in [-0.2, -0.15) is 0 Å². The predicted molar refractivity (Wildman–Crippen MR) is 117 cm³/mol. The summed E-state index contributed by atoms with van der Waals surface area (Å²) in [7, 11) is 0. The van der Waals surface area contributed by atoms with Crippen LogP contribution in [0.5, 0.6) is 5.75 Å². The molecule has 0 bridgehead atoms. The molecule has 0 aromatic heterocycles. The van der Waals surface area contributed by atoms with Crippen LogP contribution in [0.4, 0.5) is 0 Å². The summed E-state index contributed by atoms with van der Waals surface area (Å²) in [4.78, 5) is 1.07. The lowest BCUT2D eigenvalue weighted by molar-refractivity contribution is 0.155. The molecule has 0 heterocycles. The fourth-order valence-electron chi connectivity index (χ4n) is 3.50.